The smallest absolute Gasteiger partial charge is 0.256 e. The minimum atomic E-state index is -3.70. The number of benzene rings is 2. The minimum absolute atomic E-state index is 0.256. The fourth-order valence-electron chi connectivity index (χ4n) is 2.97. The Hall–Kier alpha value is -2.67. The second-order valence-electron chi connectivity index (χ2n) is 6.03. The van der Waals surface area contributed by atoms with Crippen LogP contribution in [0.4, 0.5) is 0 Å². The molecular formula is C18H18N2O4S. The third-order valence-electron chi connectivity index (χ3n) is 4.12. The van der Waals surface area contributed by atoms with Crippen LogP contribution in [-0.4, -0.2) is 37.4 Å². The fraction of sp³-hybridized carbons (Fsp3) is 0.222. The summed E-state index contributed by atoms with van der Waals surface area (Å²) in [6.07, 6.45) is 1.20. The Morgan fingerprint density at radius 3 is 2.24 bits per heavy atom. The van der Waals surface area contributed by atoms with Gasteiger partial charge in [0.2, 0.25) is 10.0 Å². The summed E-state index contributed by atoms with van der Waals surface area (Å²) >= 11 is 0. The Bertz CT molecular complexity index is 910. The van der Waals surface area contributed by atoms with Gasteiger partial charge in [-0.1, -0.05) is 42.5 Å². The topological polar surface area (TPSA) is 83.6 Å². The van der Waals surface area contributed by atoms with Crippen LogP contribution in [0.1, 0.15) is 21.5 Å². The number of rotatable bonds is 3. The monoisotopic (exact) mass is 358 g/mol. The maximum Gasteiger partial charge on any atom is 0.256 e. The zero-order valence-corrected chi connectivity index (χ0v) is 14.5. The van der Waals surface area contributed by atoms with Crippen molar-refractivity contribution < 1.29 is 18.0 Å². The molecule has 0 saturated heterocycles. The number of amides is 2. The summed E-state index contributed by atoms with van der Waals surface area (Å²) in [7, 11) is -3.70. The molecule has 2 aromatic carbocycles. The number of nitrogens with zero attached hydrogens (tertiary/aromatic N) is 1. The summed E-state index contributed by atoms with van der Waals surface area (Å²) in [6.45, 7) is 0.256. The maximum absolute atomic E-state index is 12.9. The highest BCUT2D eigenvalue weighted by Crippen LogP contribution is 2.25. The van der Waals surface area contributed by atoms with E-state index in [0.29, 0.717) is 5.56 Å². The molecule has 130 valence electrons. The van der Waals surface area contributed by atoms with Gasteiger partial charge in [-0.05, 0) is 23.3 Å². The first-order valence-electron chi connectivity index (χ1n) is 7.79. The summed E-state index contributed by atoms with van der Waals surface area (Å²) in [5.74, 6) is -0.995. The van der Waals surface area contributed by atoms with Crippen molar-refractivity contribution >= 4 is 21.8 Å². The molecule has 3 rings (SSSR count). The van der Waals surface area contributed by atoms with Crippen LogP contribution in [0.2, 0.25) is 0 Å². The van der Waals surface area contributed by atoms with Crippen LogP contribution < -0.4 is 4.72 Å². The van der Waals surface area contributed by atoms with Gasteiger partial charge in [0.1, 0.15) is 6.04 Å². The number of carbonyl (C=O) groups excluding carboxylic acids is 2. The molecule has 1 N–H and O–H groups in total. The predicted molar refractivity (Wildman–Crippen MR) is 93.2 cm³/mol. The molecule has 7 heteroatoms. The zero-order chi connectivity index (χ0) is 18.0. The first-order chi connectivity index (χ1) is 11.8. The standard InChI is InChI=1S/C18H18N2O4S/c1-25(23,24)19-17(21)16-11-14-9-5-6-10-15(14)12-20(16)18(22)13-7-3-2-4-8-13/h2-10,16H,11-12H2,1H3,(H,19,21). The molecule has 0 aliphatic carbocycles. The fourth-order valence-corrected chi connectivity index (χ4v) is 3.47. The summed E-state index contributed by atoms with van der Waals surface area (Å²) in [6, 6.07) is 15.3. The number of hydrogen-bond acceptors (Lipinski definition) is 4. The lowest BCUT2D eigenvalue weighted by atomic mass is 9.93. The van der Waals surface area contributed by atoms with E-state index in [1.54, 1.807) is 30.3 Å². The largest absolute Gasteiger partial charge is 0.322 e. The minimum Gasteiger partial charge on any atom is -0.322 e. The van der Waals surface area contributed by atoms with E-state index in [4.69, 9.17) is 0 Å². The molecule has 2 amide bonds. The number of carbonyl (C=O) groups is 2. The molecule has 1 aliphatic heterocycles. The van der Waals surface area contributed by atoms with Crippen LogP contribution in [0, 0.1) is 0 Å². The Morgan fingerprint density at radius 2 is 1.60 bits per heavy atom. The molecule has 0 saturated carbocycles. The molecule has 0 bridgehead atoms. The van der Waals surface area contributed by atoms with Gasteiger partial charge in [0, 0.05) is 18.5 Å². The number of nitrogens with one attached hydrogen (secondary N) is 1. The SMILES string of the molecule is CS(=O)(=O)NC(=O)C1Cc2ccccc2CN1C(=O)c1ccccc1. The molecule has 6 nitrogen and oxygen atoms in total. The molecule has 25 heavy (non-hydrogen) atoms. The van der Waals surface area contributed by atoms with Gasteiger partial charge in [-0.2, -0.15) is 0 Å². The van der Waals surface area contributed by atoms with E-state index in [9.17, 15) is 18.0 Å². The van der Waals surface area contributed by atoms with Gasteiger partial charge in [0.25, 0.3) is 11.8 Å². The Morgan fingerprint density at radius 1 is 1.00 bits per heavy atom. The van der Waals surface area contributed by atoms with Crippen molar-refractivity contribution in [3.8, 4) is 0 Å². The van der Waals surface area contributed by atoms with Crippen molar-refractivity contribution in [2.24, 2.45) is 0 Å². The van der Waals surface area contributed by atoms with Crippen molar-refractivity contribution in [3.05, 3.63) is 71.3 Å². The van der Waals surface area contributed by atoms with Crippen LogP contribution >= 0.6 is 0 Å². The maximum atomic E-state index is 12.9. The van der Waals surface area contributed by atoms with E-state index in [2.05, 4.69) is 0 Å². The highest BCUT2D eigenvalue weighted by atomic mass is 32.2. The quantitative estimate of drug-likeness (QED) is 0.897. The summed E-state index contributed by atoms with van der Waals surface area (Å²) in [4.78, 5) is 26.8. The van der Waals surface area contributed by atoms with Gasteiger partial charge in [-0.15, -0.1) is 0 Å². The highest BCUT2D eigenvalue weighted by Gasteiger charge is 2.35. The van der Waals surface area contributed by atoms with Crippen molar-refractivity contribution in [2.75, 3.05) is 6.26 Å². The van der Waals surface area contributed by atoms with Gasteiger partial charge in [0.05, 0.1) is 6.26 Å². The molecule has 2 aromatic rings. The summed E-state index contributed by atoms with van der Waals surface area (Å²) < 4.78 is 24.9. The number of fused-ring (bicyclic) bond motifs is 1. The lowest BCUT2D eigenvalue weighted by Gasteiger charge is -2.35. The lowest BCUT2D eigenvalue weighted by molar-refractivity contribution is -0.124. The van der Waals surface area contributed by atoms with E-state index >= 15 is 0 Å². The number of hydrogen-bond donors (Lipinski definition) is 1. The Kier molecular flexibility index (Phi) is 4.59. The average molecular weight is 358 g/mol. The van der Waals surface area contributed by atoms with Crippen molar-refractivity contribution in [1.82, 2.24) is 9.62 Å². The van der Waals surface area contributed by atoms with Gasteiger partial charge in [-0.3, -0.25) is 14.3 Å². The highest BCUT2D eigenvalue weighted by molar-refractivity contribution is 7.89. The third kappa shape index (κ3) is 3.88. The van der Waals surface area contributed by atoms with E-state index in [1.165, 1.54) is 4.90 Å². The predicted octanol–water partition coefficient (Wildman–Crippen LogP) is 1.33. The molecule has 1 atom stereocenters. The van der Waals surface area contributed by atoms with Crippen LogP contribution in [0.5, 0.6) is 0 Å². The van der Waals surface area contributed by atoms with Gasteiger partial charge >= 0.3 is 0 Å². The molecule has 1 aliphatic rings. The van der Waals surface area contributed by atoms with Crippen LogP contribution in [0.15, 0.2) is 54.6 Å². The first-order valence-corrected chi connectivity index (χ1v) is 9.69. The normalized spacial score (nSPS) is 16.8. The molecule has 0 aromatic heterocycles. The second-order valence-corrected chi connectivity index (χ2v) is 7.77. The molecule has 1 unspecified atom stereocenters. The summed E-state index contributed by atoms with van der Waals surface area (Å²) in [5.41, 5.74) is 2.35. The van der Waals surface area contributed by atoms with Crippen molar-refractivity contribution in [1.29, 1.82) is 0 Å². The van der Waals surface area contributed by atoms with Crippen molar-refractivity contribution in [3.63, 3.8) is 0 Å². The molecule has 1 heterocycles. The van der Waals surface area contributed by atoms with Gasteiger partial charge in [0.15, 0.2) is 0 Å². The third-order valence-corrected chi connectivity index (χ3v) is 4.69. The van der Waals surface area contributed by atoms with Gasteiger partial charge in [-0.25, -0.2) is 8.42 Å². The Balaban J connectivity index is 1.97. The van der Waals surface area contributed by atoms with Crippen LogP contribution in [0.3, 0.4) is 0 Å². The molecular weight excluding hydrogens is 340 g/mol. The van der Waals surface area contributed by atoms with Gasteiger partial charge < -0.3 is 4.90 Å². The number of sulfonamides is 1. The lowest BCUT2D eigenvalue weighted by Crippen LogP contribution is -2.53. The molecule has 0 radical (unpaired) electrons. The van der Waals surface area contributed by atoms with Crippen molar-refractivity contribution in [2.45, 2.75) is 19.0 Å². The van der Waals surface area contributed by atoms with Crippen LogP contribution in [0.25, 0.3) is 0 Å². The summed E-state index contributed by atoms with van der Waals surface area (Å²) in [5, 5.41) is 0. The van der Waals surface area contributed by atoms with E-state index in [1.807, 2.05) is 29.0 Å². The second kappa shape index (κ2) is 6.68. The molecule has 0 fully saturated rings. The molecule has 0 spiro atoms. The first kappa shape index (κ1) is 17.2. The van der Waals surface area contributed by atoms with E-state index in [0.717, 1.165) is 17.4 Å². The zero-order valence-electron chi connectivity index (χ0n) is 13.7. The van der Waals surface area contributed by atoms with Crippen LogP contribution in [-0.2, 0) is 27.8 Å². The van der Waals surface area contributed by atoms with E-state index < -0.39 is 22.0 Å². The Labute approximate surface area is 146 Å². The average Bonchev–Trinajstić information content (AvgIpc) is 2.59. The van der Waals surface area contributed by atoms with E-state index in [-0.39, 0.29) is 18.9 Å².